The fraction of sp³-hybridized carbons (Fsp3) is 0.294. The van der Waals surface area contributed by atoms with Crippen LogP contribution in [0.5, 0.6) is 5.75 Å². The number of hydrogen-bond donors (Lipinski definition) is 2. The highest BCUT2D eigenvalue weighted by Crippen LogP contribution is 2.19. The summed E-state index contributed by atoms with van der Waals surface area (Å²) in [5.74, 6) is 0.841. The minimum Gasteiger partial charge on any atom is -0.491 e. The first kappa shape index (κ1) is 15.7. The lowest BCUT2D eigenvalue weighted by atomic mass is 10.1. The number of anilines is 1. The summed E-state index contributed by atoms with van der Waals surface area (Å²) in [6, 6.07) is 14.9. The van der Waals surface area contributed by atoms with Crippen LogP contribution in [0.2, 0.25) is 5.02 Å². The molecule has 1 unspecified atom stereocenters. The first-order valence-electron chi connectivity index (χ1n) is 6.98. The molecule has 0 aromatic heterocycles. The highest BCUT2D eigenvalue weighted by molar-refractivity contribution is 6.30. The van der Waals surface area contributed by atoms with Gasteiger partial charge in [0.25, 0.3) is 0 Å². The van der Waals surface area contributed by atoms with Crippen LogP contribution >= 0.6 is 11.6 Å². The summed E-state index contributed by atoms with van der Waals surface area (Å²) in [4.78, 5) is 0. The van der Waals surface area contributed by atoms with Crippen LogP contribution in [0, 0.1) is 0 Å². The predicted octanol–water partition coefficient (Wildman–Crippen LogP) is 4.27. The van der Waals surface area contributed by atoms with E-state index >= 15 is 0 Å². The van der Waals surface area contributed by atoms with Gasteiger partial charge in [-0.1, -0.05) is 23.7 Å². The van der Waals surface area contributed by atoms with Crippen molar-refractivity contribution in [3.63, 3.8) is 0 Å². The standard InChI is InChI=1S/C17H20ClNO2/c1-12(2)21-16-9-7-15(8-10-16)19-11-17(20)13-3-5-14(18)6-4-13/h3-10,12,17,19-20H,11H2,1-2H3. The molecule has 0 aliphatic rings. The molecule has 21 heavy (non-hydrogen) atoms. The van der Waals surface area contributed by atoms with Gasteiger partial charge in [0.15, 0.2) is 0 Å². The molecule has 0 aliphatic heterocycles. The van der Waals surface area contributed by atoms with Gasteiger partial charge in [-0.25, -0.2) is 0 Å². The molecule has 3 nitrogen and oxygen atoms in total. The molecule has 112 valence electrons. The third-order valence-electron chi connectivity index (χ3n) is 2.98. The lowest BCUT2D eigenvalue weighted by Gasteiger charge is -2.14. The van der Waals surface area contributed by atoms with E-state index in [9.17, 15) is 5.11 Å². The topological polar surface area (TPSA) is 41.5 Å². The van der Waals surface area contributed by atoms with Gasteiger partial charge in [-0.3, -0.25) is 0 Å². The number of halogens is 1. The van der Waals surface area contributed by atoms with Gasteiger partial charge in [0, 0.05) is 17.3 Å². The second kappa shape index (κ2) is 7.34. The predicted molar refractivity (Wildman–Crippen MR) is 87.1 cm³/mol. The zero-order valence-electron chi connectivity index (χ0n) is 12.2. The maximum atomic E-state index is 10.1. The molecular formula is C17H20ClNO2. The van der Waals surface area contributed by atoms with E-state index in [0.29, 0.717) is 11.6 Å². The van der Waals surface area contributed by atoms with Gasteiger partial charge in [0.2, 0.25) is 0 Å². The Bertz CT molecular complexity index is 552. The fourth-order valence-corrected chi connectivity index (χ4v) is 2.07. The molecule has 2 aromatic rings. The number of aliphatic hydroxyl groups is 1. The van der Waals surface area contributed by atoms with Crippen molar-refractivity contribution in [1.82, 2.24) is 0 Å². The van der Waals surface area contributed by atoms with Crippen LogP contribution in [0.3, 0.4) is 0 Å². The Morgan fingerprint density at radius 3 is 2.24 bits per heavy atom. The molecule has 2 rings (SSSR count). The number of aliphatic hydroxyl groups excluding tert-OH is 1. The molecule has 0 saturated heterocycles. The molecule has 0 amide bonds. The Hall–Kier alpha value is -1.71. The molecule has 2 aromatic carbocycles. The zero-order valence-corrected chi connectivity index (χ0v) is 13.0. The van der Waals surface area contributed by atoms with Gasteiger partial charge in [0.1, 0.15) is 5.75 Å². The molecule has 0 heterocycles. The van der Waals surface area contributed by atoms with E-state index in [-0.39, 0.29) is 6.10 Å². The highest BCUT2D eigenvalue weighted by Gasteiger charge is 2.07. The van der Waals surface area contributed by atoms with E-state index in [4.69, 9.17) is 16.3 Å². The normalized spacial score (nSPS) is 12.2. The Morgan fingerprint density at radius 1 is 1.05 bits per heavy atom. The zero-order chi connectivity index (χ0) is 15.2. The summed E-state index contributed by atoms with van der Waals surface area (Å²) >= 11 is 5.83. The number of benzene rings is 2. The summed E-state index contributed by atoms with van der Waals surface area (Å²) in [6.07, 6.45) is -0.413. The average molecular weight is 306 g/mol. The average Bonchev–Trinajstić information content (AvgIpc) is 2.46. The smallest absolute Gasteiger partial charge is 0.119 e. The number of ether oxygens (including phenoxy) is 1. The number of rotatable bonds is 6. The summed E-state index contributed by atoms with van der Waals surface area (Å²) in [5.41, 5.74) is 1.78. The first-order chi connectivity index (χ1) is 10.0. The molecule has 4 heteroatoms. The van der Waals surface area contributed by atoms with Gasteiger partial charge in [-0.15, -0.1) is 0 Å². The number of nitrogens with one attached hydrogen (secondary N) is 1. The molecular weight excluding hydrogens is 286 g/mol. The fourth-order valence-electron chi connectivity index (χ4n) is 1.94. The maximum Gasteiger partial charge on any atom is 0.119 e. The second-order valence-electron chi connectivity index (χ2n) is 5.14. The van der Waals surface area contributed by atoms with Crippen LogP contribution in [-0.2, 0) is 0 Å². The highest BCUT2D eigenvalue weighted by atomic mass is 35.5. The van der Waals surface area contributed by atoms with Crippen LogP contribution in [-0.4, -0.2) is 17.8 Å². The van der Waals surface area contributed by atoms with Crippen LogP contribution in [0.1, 0.15) is 25.5 Å². The Morgan fingerprint density at radius 2 is 1.67 bits per heavy atom. The molecule has 0 bridgehead atoms. The Labute approximate surface area is 130 Å². The van der Waals surface area contributed by atoms with E-state index in [1.54, 1.807) is 12.1 Å². The number of hydrogen-bond acceptors (Lipinski definition) is 3. The van der Waals surface area contributed by atoms with E-state index < -0.39 is 6.10 Å². The van der Waals surface area contributed by atoms with Gasteiger partial charge in [-0.05, 0) is 55.8 Å². The van der Waals surface area contributed by atoms with Crippen molar-refractivity contribution in [3.05, 3.63) is 59.1 Å². The lowest BCUT2D eigenvalue weighted by molar-refractivity contribution is 0.191. The summed E-state index contributed by atoms with van der Waals surface area (Å²) in [6.45, 7) is 4.43. The van der Waals surface area contributed by atoms with Crippen molar-refractivity contribution in [2.45, 2.75) is 26.1 Å². The van der Waals surface area contributed by atoms with E-state index in [0.717, 1.165) is 17.0 Å². The molecule has 0 saturated carbocycles. The van der Waals surface area contributed by atoms with E-state index in [1.807, 2.05) is 50.2 Å². The molecule has 1 atom stereocenters. The SMILES string of the molecule is CC(C)Oc1ccc(NCC(O)c2ccc(Cl)cc2)cc1. The van der Waals surface area contributed by atoms with Crippen molar-refractivity contribution in [2.24, 2.45) is 0 Å². The molecule has 0 aliphatic carbocycles. The minimum atomic E-state index is -0.575. The lowest BCUT2D eigenvalue weighted by Crippen LogP contribution is -2.12. The van der Waals surface area contributed by atoms with Crippen molar-refractivity contribution in [3.8, 4) is 5.75 Å². The van der Waals surface area contributed by atoms with Crippen molar-refractivity contribution in [2.75, 3.05) is 11.9 Å². The van der Waals surface area contributed by atoms with Crippen LogP contribution < -0.4 is 10.1 Å². The molecule has 0 spiro atoms. The quantitative estimate of drug-likeness (QED) is 0.837. The summed E-state index contributed by atoms with van der Waals surface area (Å²) in [5, 5.41) is 14.0. The summed E-state index contributed by atoms with van der Waals surface area (Å²) in [7, 11) is 0. The Kier molecular flexibility index (Phi) is 5.48. The van der Waals surface area contributed by atoms with Gasteiger partial charge >= 0.3 is 0 Å². The molecule has 0 radical (unpaired) electrons. The third kappa shape index (κ3) is 4.96. The van der Waals surface area contributed by atoms with Crippen LogP contribution in [0.25, 0.3) is 0 Å². The van der Waals surface area contributed by atoms with Crippen molar-refractivity contribution >= 4 is 17.3 Å². The molecule has 2 N–H and O–H groups in total. The minimum absolute atomic E-state index is 0.163. The van der Waals surface area contributed by atoms with Crippen molar-refractivity contribution < 1.29 is 9.84 Å². The van der Waals surface area contributed by atoms with Gasteiger partial charge in [-0.2, -0.15) is 0 Å². The van der Waals surface area contributed by atoms with Gasteiger partial charge in [0.05, 0.1) is 12.2 Å². The van der Waals surface area contributed by atoms with Crippen LogP contribution in [0.4, 0.5) is 5.69 Å². The van der Waals surface area contributed by atoms with E-state index in [1.165, 1.54) is 0 Å². The monoisotopic (exact) mass is 305 g/mol. The summed E-state index contributed by atoms with van der Waals surface area (Å²) < 4.78 is 5.59. The third-order valence-corrected chi connectivity index (χ3v) is 3.23. The maximum absolute atomic E-state index is 10.1. The van der Waals surface area contributed by atoms with Gasteiger partial charge < -0.3 is 15.2 Å². The Balaban J connectivity index is 1.88. The second-order valence-corrected chi connectivity index (χ2v) is 5.58. The van der Waals surface area contributed by atoms with Crippen molar-refractivity contribution in [1.29, 1.82) is 0 Å². The molecule has 0 fully saturated rings. The van der Waals surface area contributed by atoms with Crippen LogP contribution in [0.15, 0.2) is 48.5 Å². The van der Waals surface area contributed by atoms with E-state index in [2.05, 4.69) is 5.32 Å². The first-order valence-corrected chi connectivity index (χ1v) is 7.36. The largest absolute Gasteiger partial charge is 0.491 e.